The van der Waals surface area contributed by atoms with Crippen molar-refractivity contribution in [2.45, 2.75) is 50.5 Å². The Morgan fingerprint density at radius 2 is 2.15 bits per heavy atom. The Bertz CT molecular complexity index is 608. The SMILES string of the molecule is CCC(C)NC(=O)Cc1ccc2c(c1)CCCS2(=O)=O. The number of carbonyl (C=O) groups is 1. The largest absolute Gasteiger partial charge is 0.353 e. The molecule has 0 saturated carbocycles. The number of sulfone groups is 1. The van der Waals surface area contributed by atoms with Gasteiger partial charge in [-0.1, -0.05) is 19.1 Å². The third-order valence-electron chi connectivity index (χ3n) is 3.70. The second-order valence-electron chi connectivity index (χ2n) is 5.42. The van der Waals surface area contributed by atoms with Gasteiger partial charge in [0, 0.05) is 6.04 Å². The first-order chi connectivity index (χ1) is 9.42. The second-order valence-corrected chi connectivity index (χ2v) is 7.50. The topological polar surface area (TPSA) is 63.2 Å². The van der Waals surface area contributed by atoms with E-state index in [1.54, 1.807) is 12.1 Å². The monoisotopic (exact) mass is 295 g/mol. The summed E-state index contributed by atoms with van der Waals surface area (Å²) in [6.07, 6.45) is 2.64. The van der Waals surface area contributed by atoms with E-state index in [4.69, 9.17) is 0 Å². The molecule has 1 atom stereocenters. The molecule has 1 aliphatic heterocycles. The van der Waals surface area contributed by atoms with E-state index in [1.807, 2.05) is 19.9 Å². The van der Waals surface area contributed by atoms with Gasteiger partial charge in [-0.25, -0.2) is 8.42 Å². The van der Waals surface area contributed by atoms with Gasteiger partial charge in [-0.2, -0.15) is 0 Å². The highest BCUT2D eigenvalue weighted by Crippen LogP contribution is 2.26. The second kappa shape index (κ2) is 5.95. The maximum Gasteiger partial charge on any atom is 0.224 e. The van der Waals surface area contributed by atoms with Crippen LogP contribution in [0.4, 0.5) is 0 Å². The van der Waals surface area contributed by atoms with Crippen molar-refractivity contribution in [3.05, 3.63) is 29.3 Å². The van der Waals surface area contributed by atoms with E-state index in [9.17, 15) is 13.2 Å². The fraction of sp³-hybridized carbons (Fsp3) is 0.533. The number of carbonyl (C=O) groups excluding carboxylic acids is 1. The third kappa shape index (κ3) is 3.39. The van der Waals surface area contributed by atoms with Crippen LogP contribution in [0.15, 0.2) is 23.1 Å². The van der Waals surface area contributed by atoms with Crippen molar-refractivity contribution < 1.29 is 13.2 Å². The molecule has 1 aliphatic rings. The molecule has 0 aliphatic carbocycles. The van der Waals surface area contributed by atoms with E-state index in [1.165, 1.54) is 0 Å². The van der Waals surface area contributed by atoms with Crippen LogP contribution in [0.1, 0.15) is 37.8 Å². The zero-order chi connectivity index (χ0) is 14.8. The van der Waals surface area contributed by atoms with Crippen molar-refractivity contribution in [3.63, 3.8) is 0 Å². The van der Waals surface area contributed by atoms with Gasteiger partial charge in [0.1, 0.15) is 0 Å². The predicted octanol–water partition coefficient (Wildman–Crippen LogP) is 1.86. The van der Waals surface area contributed by atoms with Crippen molar-refractivity contribution in [3.8, 4) is 0 Å². The Balaban J connectivity index is 2.14. The molecule has 0 fully saturated rings. The highest BCUT2D eigenvalue weighted by Gasteiger charge is 2.23. The molecule has 0 aromatic heterocycles. The third-order valence-corrected chi connectivity index (χ3v) is 5.60. The minimum absolute atomic E-state index is 0.0158. The summed E-state index contributed by atoms with van der Waals surface area (Å²) in [6, 6.07) is 5.43. The lowest BCUT2D eigenvalue weighted by molar-refractivity contribution is -0.121. The lowest BCUT2D eigenvalue weighted by Gasteiger charge is -2.17. The van der Waals surface area contributed by atoms with Crippen molar-refractivity contribution in [2.75, 3.05) is 5.75 Å². The highest BCUT2D eigenvalue weighted by molar-refractivity contribution is 7.91. The molecule has 20 heavy (non-hydrogen) atoms. The summed E-state index contributed by atoms with van der Waals surface area (Å²) < 4.78 is 23.8. The van der Waals surface area contributed by atoms with E-state index >= 15 is 0 Å². The van der Waals surface area contributed by atoms with E-state index < -0.39 is 9.84 Å². The molecule has 2 rings (SSSR count). The van der Waals surface area contributed by atoms with Crippen LogP contribution in [0.2, 0.25) is 0 Å². The Morgan fingerprint density at radius 1 is 1.40 bits per heavy atom. The first-order valence-electron chi connectivity index (χ1n) is 7.06. The van der Waals surface area contributed by atoms with Crippen molar-refractivity contribution in [1.82, 2.24) is 5.32 Å². The quantitative estimate of drug-likeness (QED) is 0.922. The first kappa shape index (κ1) is 15.0. The van der Waals surface area contributed by atoms with E-state index in [-0.39, 0.29) is 17.7 Å². The summed E-state index contributed by atoms with van der Waals surface area (Å²) in [5, 5.41) is 2.92. The van der Waals surface area contributed by atoms with Crippen molar-refractivity contribution >= 4 is 15.7 Å². The minimum atomic E-state index is -3.11. The van der Waals surface area contributed by atoms with Crippen LogP contribution in [0.3, 0.4) is 0 Å². The lowest BCUT2D eigenvalue weighted by Crippen LogP contribution is -2.33. The average Bonchev–Trinajstić information content (AvgIpc) is 2.37. The van der Waals surface area contributed by atoms with Crippen LogP contribution in [-0.2, 0) is 27.5 Å². The molecule has 4 nitrogen and oxygen atoms in total. The molecule has 1 heterocycles. The fourth-order valence-corrected chi connectivity index (χ4v) is 4.00. The molecule has 0 spiro atoms. The molecule has 1 aromatic rings. The Kier molecular flexibility index (Phi) is 4.48. The zero-order valence-corrected chi connectivity index (χ0v) is 12.8. The van der Waals surface area contributed by atoms with Gasteiger partial charge in [-0.15, -0.1) is 0 Å². The molecule has 1 unspecified atom stereocenters. The number of rotatable bonds is 4. The number of aryl methyl sites for hydroxylation is 1. The summed E-state index contributed by atoms with van der Waals surface area (Å²) in [6.45, 7) is 3.99. The summed E-state index contributed by atoms with van der Waals surface area (Å²) in [7, 11) is -3.11. The molecular formula is C15H21NO3S. The van der Waals surface area contributed by atoms with Gasteiger partial charge in [0.05, 0.1) is 17.1 Å². The highest BCUT2D eigenvalue weighted by atomic mass is 32.2. The summed E-state index contributed by atoms with van der Waals surface area (Å²) in [4.78, 5) is 12.3. The summed E-state index contributed by atoms with van der Waals surface area (Å²) in [5.41, 5.74) is 1.73. The van der Waals surface area contributed by atoms with Crippen LogP contribution in [0, 0.1) is 0 Å². The standard InChI is InChI=1S/C15H21NO3S/c1-3-11(2)16-15(17)10-12-6-7-14-13(9-12)5-4-8-20(14,18)19/h6-7,9,11H,3-5,8,10H2,1-2H3,(H,16,17). The maximum atomic E-state index is 11.9. The maximum absolute atomic E-state index is 11.9. The Hall–Kier alpha value is -1.36. The van der Waals surface area contributed by atoms with E-state index in [2.05, 4.69) is 5.32 Å². The zero-order valence-electron chi connectivity index (χ0n) is 12.0. The summed E-state index contributed by atoms with van der Waals surface area (Å²) in [5.74, 6) is 0.214. The molecule has 0 bridgehead atoms. The van der Waals surface area contributed by atoms with Crippen LogP contribution in [-0.4, -0.2) is 26.1 Å². The molecular weight excluding hydrogens is 274 g/mol. The Labute approximate surface area is 120 Å². The number of hydrogen-bond acceptors (Lipinski definition) is 3. The molecule has 0 radical (unpaired) electrons. The van der Waals surface area contributed by atoms with E-state index in [0.717, 1.165) is 24.0 Å². The van der Waals surface area contributed by atoms with Crippen LogP contribution in [0.5, 0.6) is 0 Å². The smallest absolute Gasteiger partial charge is 0.224 e. The van der Waals surface area contributed by atoms with Crippen LogP contribution in [0.25, 0.3) is 0 Å². The molecule has 5 heteroatoms. The number of benzene rings is 1. The normalized spacial score (nSPS) is 18.1. The molecule has 1 aromatic carbocycles. The van der Waals surface area contributed by atoms with Crippen molar-refractivity contribution in [1.29, 1.82) is 0 Å². The van der Waals surface area contributed by atoms with Gasteiger partial charge >= 0.3 is 0 Å². The molecule has 1 N–H and O–H groups in total. The van der Waals surface area contributed by atoms with E-state index in [0.29, 0.717) is 17.7 Å². The van der Waals surface area contributed by atoms with Gasteiger partial charge in [-0.05, 0) is 43.4 Å². The number of hydrogen-bond donors (Lipinski definition) is 1. The molecule has 110 valence electrons. The number of fused-ring (bicyclic) bond motifs is 1. The summed E-state index contributed by atoms with van der Waals surface area (Å²) >= 11 is 0. The van der Waals surface area contributed by atoms with Gasteiger partial charge in [0.15, 0.2) is 9.84 Å². The minimum Gasteiger partial charge on any atom is -0.353 e. The number of nitrogens with one attached hydrogen (secondary N) is 1. The van der Waals surface area contributed by atoms with Crippen LogP contribution >= 0.6 is 0 Å². The first-order valence-corrected chi connectivity index (χ1v) is 8.71. The van der Waals surface area contributed by atoms with Gasteiger partial charge in [-0.3, -0.25) is 4.79 Å². The molecule has 1 amide bonds. The molecule has 0 saturated heterocycles. The Morgan fingerprint density at radius 3 is 2.85 bits per heavy atom. The predicted molar refractivity (Wildman–Crippen MR) is 78.4 cm³/mol. The van der Waals surface area contributed by atoms with Crippen molar-refractivity contribution in [2.24, 2.45) is 0 Å². The van der Waals surface area contributed by atoms with Gasteiger partial charge < -0.3 is 5.32 Å². The van der Waals surface area contributed by atoms with Gasteiger partial charge in [0.2, 0.25) is 5.91 Å². The van der Waals surface area contributed by atoms with Crippen LogP contribution < -0.4 is 5.32 Å². The fourth-order valence-electron chi connectivity index (χ4n) is 2.42. The average molecular weight is 295 g/mol. The van der Waals surface area contributed by atoms with Gasteiger partial charge in [0.25, 0.3) is 0 Å². The number of amides is 1. The lowest BCUT2D eigenvalue weighted by atomic mass is 10.0.